The van der Waals surface area contributed by atoms with Crippen LogP contribution in [0.4, 0.5) is 0 Å². The molecule has 2 nitrogen and oxygen atoms in total. The summed E-state index contributed by atoms with van der Waals surface area (Å²) in [4.78, 5) is 0. The maximum atomic E-state index is 15.2. The second-order valence-corrected chi connectivity index (χ2v) is 11.1. The third kappa shape index (κ3) is 5.18. The first-order valence-electron chi connectivity index (χ1n) is 11.4. The number of benzene rings is 4. The molecule has 166 valence electrons. The smallest absolute Gasteiger partial charge is 0.169 e. The van der Waals surface area contributed by atoms with Crippen LogP contribution in [0.2, 0.25) is 0 Å². The third-order valence-corrected chi connectivity index (χ3v) is 9.30. The minimum Gasteiger partial charge on any atom is -0.382 e. The van der Waals surface area contributed by atoms with Gasteiger partial charge in [-0.05, 0) is 25.0 Å². The van der Waals surface area contributed by atoms with E-state index in [1.807, 2.05) is 84.9 Å². The summed E-state index contributed by atoms with van der Waals surface area (Å²) in [7, 11) is -3.09. The van der Waals surface area contributed by atoms with Gasteiger partial charge >= 0.3 is 0 Å². The fourth-order valence-electron chi connectivity index (χ4n) is 4.24. The van der Waals surface area contributed by atoms with Crippen molar-refractivity contribution >= 4 is 17.8 Å². The Labute approximate surface area is 197 Å². The molecule has 0 aliphatic heterocycles. The molecule has 0 bridgehead atoms. The van der Waals surface area contributed by atoms with Crippen LogP contribution in [0.25, 0.3) is 0 Å². The highest BCUT2D eigenvalue weighted by molar-refractivity contribution is 7.82. The quantitative estimate of drug-likeness (QED) is 0.298. The lowest BCUT2D eigenvalue weighted by Gasteiger charge is -2.27. The van der Waals surface area contributed by atoms with E-state index in [4.69, 9.17) is 0 Å². The van der Waals surface area contributed by atoms with Crippen molar-refractivity contribution in [2.75, 3.05) is 0 Å². The van der Waals surface area contributed by atoms with Crippen LogP contribution in [0.3, 0.4) is 0 Å². The first-order chi connectivity index (χ1) is 16.1. The van der Waals surface area contributed by atoms with E-state index in [2.05, 4.69) is 55.6 Å². The Morgan fingerprint density at radius 2 is 1.12 bits per heavy atom. The molecule has 0 radical (unpaired) electrons. The lowest BCUT2D eigenvalue weighted by molar-refractivity contribution is 0.588. The van der Waals surface area contributed by atoms with Gasteiger partial charge in [0.2, 0.25) is 0 Å². The number of hydrogen-bond acceptors (Lipinski definition) is 2. The number of rotatable bonds is 8. The molecule has 0 aromatic heterocycles. The summed E-state index contributed by atoms with van der Waals surface area (Å²) < 4.78 is 15.2. The highest BCUT2D eigenvalue weighted by Crippen LogP contribution is 2.54. The van der Waals surface area contributed by atoms with E-state index in [1.165, 1.54) is 5.56 Å². The average molecular weight is 452 g/mol. The van der Waals surface area contributed by atoms with Crippen LogP contribution in [0.5, 0.6) is 0 Å². The van der Waals surface area contributed by atoms with E-state index >= 15 is 4.57 Å². The van der Waals surface area contributed by atoms with Crippen LogP contribution in [0, 0.1) is 0 Å². The molecule has 0 spiro atoms. The van der Waals surface area contributed by atoms with Gasteiger partial charge in [-0.1, -0.05) is 121 Å². The number of allylic oxidation sites excluding steroid dienone is 2. The molecule has 0 aliphatic rings. The van der Waals surface area contributed by atoms with Gasteiger partial charge in [0, 0.05) is 34.1 Å². The second kappa shape index (κ2) is 10.5. The number of hydrogen-bond donors (Lipinski definition) is 1. The van der Waals surface area contributed by atoms with Gasteiger partial charge in [0.15, 0.2) is 7.14 Å². The van der Waals surface area contributed by atoms with Gasteiger partial charge in [-0.25, -0.2) is 0 Å². The largest absolute Gasteiger partial charge is 0.382 e. The Morgan fingerprint density at radius 1 is 0.697 bits per heavy atom. The summed E-state index contributed by atoms with van der Waals surface area (Å²) in [5.74, 6) is 0. The normalized spacial score (nSPS) is 13.2. The van der Waals surface area contributed by atoms with Gasteiger partial charge in [-0.15, -0.1) is 0 Å². The predicted molar refractivity (Wildman–Crippen MR) is 141 cm³/mol. The third-order valence-electron chi connectivity index (χ3n) is 6.00. The molecule has 33 heavy (non-hydrogen) atoms. The average Bonchev–Trinajstić information content (AvgIpc) is 2.89. The van der Waals surface area contributed by atoms with Crippen molar-refractivity contribution in [1.29, 1.82) is 0 Å². The monoisotopic (exact) mass is 451 g/mol. The highest BCUT2D eigenvalue weighted by Gasteiger charge is 2.33. The summed E-state index contributed by atoms with van der Waals surface area (Å²) in [6.45, 7) is 4.21. The topological polar surface area (TPSA) is 29.1 Å². The van der Waals surface area contributed by atoms with Crippen molar-refractivity contribution in [2.24, 2.45) is 0 Å². The van der Waals surface area contributed by atoms with E-state index in [0.717, 1.165) is 27.2 Å². The van der Waals surface area contributed by atoms with Crippen LogP contribution in [-0.2, 0) is 11.0 Å². The molecule has 4 aromatic carbocycles. The van der Waals surface area contributed by atoms with Gasteiger partial charge in [0.1, 0.15) is 0 Å². The second-order valence-electron chi connectivity index (χ2n) is 8.29. The Morgan fingerprint density at radius 3 is 1.61 bits per heavy atom. The Kier molecular flexibility index (Phi) is 7.27. The maximum Gasteiger partial charge on any atom is 0.169 e. The zero-order chi connectivity index (χ0) is 23.1. The van der Waals surface area contributed by atoms with E-state index in [1.54, 1.807) is 0 Å². The van der Waals surface area contributed by atoms with Crippen LogP contribution in [0.1, 0.15) is 31.0 Å². The maximum absolute atomic E-state index is 15.2. The molecule has 1 N–H and O–H groups in total. The summed E-state index contributed by atoms with van der Waals surface area (Å²) >= 11 is 0. The Balaban J connectivity index is 1.88. The summed E-state index contributed by atoms with van der Waals surface area (Å²) in [5, 5.41) is 6.32. The van der Waals surface area contributed by atoms with Crippen molar-refractivity contribution in [3.8, 4) is 0 Å². The molecule has 0 saturated heterocycles. The lowest BCUT2D eigenvalue weighted by atomic mass is 10.1. The molecule has 4 rings (SSSR count). The van der Waals surface area contributed by atoms with Crippen molar-refractivity contribution < 1.29 is 4.57 Å². The first kappa shape index (κ1) is 22.8. The fraction of sp³-hybridized carbons (Fsp3) is 0.133. The lowest BCUT2D eigenvalue weighted by Crippen LogP contribution is -2.24. The predicted octanol–water partition coefficient (Wildman–Crippen LogP) is 6.83. The summed E-state index contributed by atoms with van der Waals surface area (Å²) in [6.07, 6.45) is 0.613. The van der Waals surface area contributed by atoms with Crippen LogP contribution >= 0.6 is 7.14 Å². The molecular formula is C30H30NOP. The molecular weight excluding hydrogens is 421 g/mol. The molecule has 1 atom stereocenters. The van der Waals surface area contributed by atoms with E-state index in [-0.39, 0.29) is 6.04 Å². The van der Waals surface area contributed by atoms with Crippen molar-refractivity contribution in [3.63, 3.8) is 0 Å². The number of nitrogens with one attached hydrogen (secondary N) is 1. The van der Waals surface area contributed by atoms with Gasteiger partial charge < -0.3 is 9.88 Å². The molecule has 0 heterocycles. The van der Waals surface area contributed by atoms with Crippen molar-refractivity contribution in [3.05, 3.63) is 143 Å². The molecule has 1 unspecified atom stereocenters. The van der Waals surface area contributed by atoms with Crippen LogP contribution in [0.15, 0.2) is 132 Å². The van der Waals surface area contributed by atoms with E-state index in [9.17, 15) is 0 Å². The molecule has 0 fully saturated rings. The first-order valence-corrected chi connectivity index (χ1v) is 13.1. The fourth-order valence-corrected chi connectivity index (χ4v) is 7.29. The summed E-state index contributed by atoms with van der Waals surface area (Å²) in [6, 6.07) is 40.6. The molecule has 3 heteroatoms. The molecule has 0 aliphatic carbocycles. The van der Waals surface area contributed by atoms with Crippen molar-refractivity contribution in [1.82, 2.24) is 5.32 Å². The van der Waals surface area contributed by atoms with Gasteiger partial charge in [-0.3, -0.25) is 0 Å². The minimum absolute atomic E-state index is 0.0944. The Hall–Kier alpha value is -3.35. The van der Waals surface area contributed by atoms with Crippen LogP contribution < -0.4 is 15.9 Å². The van der Waals surface area contributed by atoms with Gasteiger partial charge in [0.05, 0.1) is 0 Å². The SMILES string of the molecule is C/C(NC(C)c1ccccc1)=C(\Cc1ccccc1)P(=O)(c1ccccc1)c1ccccc1. The Bertz CT molecular complexity index is 1190. The van der Waals surface area contributed by atoms with Crippen molar-refractivity contribution in [2.45, 2.75) is 26.3 Å². The zero-order valence-electron chi connectivity index (χ0n) is 19.2. The van der Waals surface area contributed by atoms with Gasteiger partial charge in [0.25, 0.3) is 0 Å². The van der Waals surface area contributed by atoms with E-state index in [0.29, 0.717) is 6.42 Å². The molecule has 0 saturated carbocycles. The highest BCUT2D eigenvalue weighted by atomic mass is 31.2. The zero-order valence-corrected chi connectivity index (χ0v) is 20.1. The summed E-state index contributed by atoms with van der Waals surface area (Å²) in [5.41, 5.74) is 3.31. The standard InChI is InChI=1S/C30H30NOP/c1-24(27-17-9-4-10-18-27)31-25(2)30(23-26-15-7-3-8-16-26)33(32,28-19-11-5-12-20-28)29-21-13-6-14-22-29/h3-22,24,31H,23H2,1-2H3/b30-25-. The minimum atomic E-state index is -3.09. The van der Waals surface area contributed by atoms with Crippen LogP contribution in [-0.4, -0.2) is 0 Å². The molecule has 0 amide bonds. The molecule has 4 aromatic rings. The van der Waals surface area contributed by atoms with Gasteiger partial charge in [-0.2, -0.15) is 0 Å². The van der Waals surface area contributed by atoms with E-state index < -0.39 is 7.14 Å².